The second-order valence-corrected chi connectivity index (χ2v) is 16.1. The van der Waals surface area contributed by atoms with Gasteiger partial charge in [-0.25, -0.2) is 51.2 Å². The van der Waals surface area contributed by atoms with Gasteiger partial charge in [-0.3, -0.25) is 9.59 Å². The highest BCUT2D eigenvalue weighted by molar-refractivity contribution is 7.98. The first kappa shape index (κ1) is 41.7. The number of hydrogen-bond donors (Lipinski definition) is 1. The van der Waals surface area contributed by atoms with Gasteiger partial charge < -0.3 is 15.1 Å². The van der Waals surface area contributed by atoms with E-state index in [9.17, 15) is 27.2 Å². The van der Waals surface area contributed by atoms with Crippen LogP contribution in [-0.2, 0) is 13.1 Å². The van der Waals surface area contributed by atoms with E-state index in [1.165, 1.54) is 78.0 Å². The number of thioether (sulfide) groups is 1. The predicted octanol–water partition coefficient (Wildman–Crippen LogP) is 7.47. The number of likely N-dealkylation sites (tertiary alicyclic amines) is 1. The topological polar surface area (TPSA) is 124 Å². The molecule has 1 spiro atoms. The van der Waals surface area contributed by atoms with E-state index >= 15 is 0 Å². The molecule has 2 fully saturated rings. The quantitative estimate of drug-likeness (QED) is 0.0842. The second-order valence-electron chi connectivity index (χ2n) is 15.3. The average Bonchev–Trinajstić information content (AvgIpc) is 3.70. The number of alkyl halides is 4. The largest absolute Gasteiger partial charge is 0.371 e. The van der Waals surface area contributed by atoms with Crippen LogP contribution in [0.1, 0.15) is 25.7 Å². The van der Waals surface area contributed by atoms with Gasteiger partial charge in [0.2, 0.25) is 5.95 Å². The third kappa shape index (κ3) is 8.91. The molecule has 61 heavy (non-hydrogen) atoms. The Morgan fingerprint density at radius 1 is 0.656 bits per heavy atom. The Morgan fingerprint density at radius 3 is 1.66 bits per heavy atom. The predicted molar refractivity (Wildman–Crippen MR) is 230 cm³/mol. The Hall–Kier alpha value is -6.01. The number of benzene rings is 3. The van der Waals surface area contributed by atoms with Crippen molar-refractivity contribution in [2.75, 3.05) is 49.7 Å². The maximum atomic E-state index is 13.3. The molecule has 0 amide bonds. The molecular weight excluding hydrogens is 811 g/mol. The molecule has 0 aliphatic carbocycles. The fourth-order valence-electron chi connectivity index (χ4n) is 8.17. The van der Waals surface area contributed by atoms with Crippen molar-refractivity contribution in [3.8, 4) is 11.4 Å². The molecule has 0 bridgehead atoms. The summed E-state index contributed by atoms with van der Waals surface area (Å²) in [6.45, 7) is 3.12. The summed E-state index contributed by atoms with van der Waals surface area (Å²) in [7, 11) is 2.21. The van der Waals surface area contributed by atoms with Gasteiger partial charge in [0, 0.05) is 36.9 Å². The summed E-state index contributed by atoms with van der Waals surface area (Å²) in [5.41, 5.74) is 3.22. The van der Waals surface area contributed by atoms with Crippen molar-refractivity contribution < 1.29 is 17.6 Å². The molecule has 2 aliphatic rings. The Labute approximate surface area is 352 Å². The van der Waals surface area contributed by atoms with Crippen LogP contribution < -0.4 is 21.3 Å². The molecule has 18 heteroatoms. The molecule has 318 valence electrons. The van der Waals surface area contributed by atoms with E-state index in [-0.39, 0.29) is 22.4 Å². The van der Waals surface area contributed by atoms with Crippen molar-refractivity contribution >= 4 is 51.2 Å². The van der Waals surface area contributed by atoms with Crippen molar-refractivity contribution in [1.29, 1.82) is 0 Å². The van der Waals surface area contributed by atoms with Crippen molar-refractivity contribution in [1.82, 2.24) is 43.6 Å². The lowest BCUT2D eigenvalue weighted by molar-refractivity contribution is 0.0945. The molecular formula is C43H45F4N11O2S. The number of piperidine rings is 2. The van der Waals surface area contributed by atoms with E-state index in [0.717, 1.165) is 28.1 Å². The molecule has 9 rings (SSSR count). The summed E-state index contributed by atoms with van der Waals surface area (Å²) in [4.78, 5) is 47.4. The number of anilines is 3. The minimum absolute atomic E-state index is 0.188. The van der Waals surface area contributed by atoms with Gasteiger partial charge in [-0.1, -0.05) is 48.2 Å². The summed E-state index contributed by atoms with van der Waals surface area (Å²) < 4.78 is 57.3. The Bertz CT molecular complexity index is 2710. The van der Waals surface area contributed by atoms with Crippen LogP contribution in [0.5, 0.6) is 0 Å². The molecule has 2 saturated heterocycles. The van der Waals surface area contributed by atoms with Crippen LogP contribution in [-0.4, -0.2) is 95.9 Å². The van der Waals surface area contributed by atoms with Crippen LogP contribution in [0, 0.1) is 5.41 Å². The molecule has 0 atom stereocenters. The Balaban J connectivity index is 0.000000198. The Morgan fingerprint density at radius 2 is 1.15 bits per heavy atom. The Kier molecular flexibility index (Phi) is 12.3. The van der Waals surface area contributed by atoms with Gasteiger partial charge in [-0.2, -0.15) is 4.98 Å². The standard InChI is InChI=1S/C29H33F2N7O.C14H12F2N4OS/c1-35-15-11-29(12-16-35)13-17-36(18-14-29)22-9-7-21(8-10-22)33-28-32-19-24-26(34-28)38(23-5-3-2-4-6-23)37(27(24)39)20-25(30)31;1-22-14-17-7-10-12(18-14)20(9-5-3-2-4-6-9)19(13(10)21)8-11(15)16/h2-10,19,25H,11-18,20H2,1H3,(H,32,33,34);2-7,11H,8H2,1H3. The number of fused-ring (bicyclic) bond motifs is 2. The normalized spacial score (nSPS) is 15.5. The maximum absolute atomic E-state index is 13.3. The molecule has 0 unspecified atom stereocenters. The van der Waals surface area contributed by atoms with Crippen molar-refractivity contribution in [2.45, 2.75) is 56.8 Å². The summed E-state index contributed by atoms with van der Waals surface area (Å²) in [5.74, 6) is 0.288. The lowest BCUT2D eigenvalue weighted by Crippen LogP contribution is -2.46. The van der Waals surface area contributed by atoms with Crippen LogP contribution in [0.4, 0.5) is 34.9 Å². The van der Waals surface area contributed by atoms with Crippen LogP contribution in [0.25, 0.3) is 33.4 Å². The number of halogens is 4. The van der Waals surface area contributed by atoms with E-state index in [4.69, 9.17) is 0 Å². The van der Waals surface area contributed by atoms with Gasteiger partial charge >= 0.3 is 0 Å². The van der Waals surface area contributed by atoms with Gasteiger partial charge in [0.05, 0.1) is 11.4 Å². The summed E-state index contributed by atoms with van der Waals surface area (Å²) in [6.07, 6.45) is 4.34. The van der Waals surface area contributed by atoms with Crippen molar-refractivity contribution in [3.63, 3.8) is 0 Å². The number of rotatable bonds is 10. The van der Waals surface area contributed by atoms with Gasteiger partial charge in [-0.05, 0) is 106 Å². The molecule has 7 aromatic rings. The van der Waals surface area contributed by atoms with Gasteiger partial charge in [-0.15, -0.1) is 0 Å². The van der Waals surface area contributed by atoms with Crippen LogP contribution in [0.15, 0.2) is 112 Å². The second kappa shape index (κ2) is 17.9. The van der Waals surface area contributed by atoms with Crippen LogP contribution in [0.3, 0.4) is 0 Å². The van der Waals surface area contributed by atoms with E-state index in [1.54, 1.807) is 48.5 Å². The van der Waals surface area contributed by atoms with Crippen LogP contribution in [0.2, 0.25) is 0 Å². The fourth-order valence-corrected chi connectivity index (χ4v) is 8.51. The summed E-state index contributed by atoms with van der Waals surface area (Å²) >= 11 is 1.32. The first-order chi connectivity index (χ1) is 29.5. The molecule has 4 aromatic heterocycles. The number of nitrogens with zero attached hydrogens (tertiary/aromatic N) is 10. The summed E-state index contributed by atoms with van der Waals surface area (Å²) in [6, 6.07) is 25.9. The third-order valence-corrected chi connectivity index (χ3v) is 12.1. The molecule has 13 nitrogen and oxygen atoms in total. The molecule has 0 radical (unpaired) electrons. The van der Waals surface area contributed by atoms with Gasteiger partial charge in [0.15, 0.2) is 16.5 Å². The first-order valence-corrected chi connectivity index (χ1v) is 21.2. The van der Waals surface area contributed by atoms with Gasteiger partial charge in [0.25, 0.3) is 24.0 Å². The SMILES string of the molecule is CN1CCC2(CC1)CCN(c1ccc(Nc3ncc4c(=O)n(CC(F)F)n(-c5ccccc5)c4n3)cc1)CC2.CSc1ncc2c(=O)n(CC(F)F)n(-c3ccccc3)c2n1. The van der Waals surface area contributed by atoms with Gasteiger partial charge in [0.1, 0.15) is 23.9 Å². The zero-order chi connectivity index (χ0) is 42.7. The zero-order valence-electron chi connectivity index (χ0n) is 33.7. The molecule has 2 aliphatic heterocycles. The third-order valence-electron chi connectivity index (χ3n) is 11.5. The smallest absolute Gasteiger partial charge is 0.278 e. The summed E-state index contributed by atoms with van der Waals surface area (Å²) in [5, 5.41) is 4.10. The molecule has 3 aromatic carbocycles. The highest BCUT2D eigenvalue weighted by Crippen LogP contribution is 2.42. The number of nitrogens with one attached hydrogen (secondary N) is 1. The highest BCUT2D eigenvalue weighted by atomic mass is 32.2. The van der Waals surface area contributed by atoms with Crippen LogP contribution >= 0.6 is 11.8 Å². The van der Waals surface area contributed by atoms with E-state index in [0.29, 0.717) is 27.6 Å². The first-order valence-electron chi connectivity index (χ1n) is 20.0. The van der Waals surface area contributed by atoms with E-state index in [1.807, 2.05) is 30.5 Å². The number of aromatic nitrogens is 8. The lowest BCUT2D eigenvalue weighted by atomic mass is 9.71. The van der Waals surface area contributed by atoms with Crippen molar-refractivity contribution in [3.05, 3.63) is 118 Å². The number of para-hydroxylation sites is 2. The monoisotopic (exact) mass is 855 g/mol. The fraction of sp³-hybridized carbons (Fsp3) is 0.349. The lowest BCUT2D eigenvalue weighted by Gasteiger charge is -2.46. The molecule has 6 heterocycles. The maximum Gasteiger partial charge on any atom is 0.278 e. The molecule has 0 saturated carbocycles. The highest BCUT2D eigenvalue weighted by Gasteiger charge is 2.37. The average molecular weight is 856 g/mol. The number of hydrogen-bond acceptors (Lipinski definition) is 10. The van der Waals surface area contributed by atoms with Crippen molar-refractivity contribution in [2.24, 2.45) is 5.41 Å². The zero-order valence-corrected chi connectivity index (χ0v) is 34.5. The molecule has 1 N–H and O–H groups in total. The van der Waals surface area contributed by atoms with E-state index < -0.39 is 37.1 Å². The van der Waals surface area contributed by atoms with E-state index in [2.05, 4.69) is 54.2 Å². The minimum atomic E-state index is -2.69. The minimum Gasteiger partial charge on any atom is -0.371 e.